The Hall–Kier alpha value is -1.20. The van der Waals surface area contributed by atoms with Crippen molar-refractivity contribution in [2.45, 2.75) is 45.6 Å². The van der Waals surface area contributed by atoms with E-state index in [2.05, 4.69) is 29.1 Å². The van der Waals surface area contributed by atoms with E-state index < -0.39 is 0 Å². The van der Waals surface area contributed by atoms with Crippen molar-refractivity contribution in [3.63, 3.8) is 0 Å². The molecule has 0 saturated heterocycles. The fourth-order valence-corrected chi connectivity index (χ4v) is 4.14. The van der Waals surface area contributed by atoms with E-state index in [0.717, 1.165) is 17.2 Å². The summed E-state index contributed by atoms with van der Waals surface area (Å²) in [5.41, 5.74) is 7.22. The van der Waals surface area contributed by atoms with Gasteiger partial charge in [0.2, 0.25) is 0 Å². The molecule has 0 bridgehead atoms. The Morgan fingerprint density at radius 1 is 1.30 bits per heavy atom. The average Bonchev–Trinajstić information content (AvgIpc) is 2.76. The molecule has 3 N–H and O–H groups in total. The van der Waals surface area contributed by atoms with Gasteiger partial charge in [0, 0.05) is 10.9 Å². The first-order valence-electron chi connectivity index (χ1n) is 7.38. The van der Waals surface area contributed by atoms with Crippen molar-refractivity contribution in [1.29, 1.82) is 0 Å². The van der Waals surface area contributed by atoms with Gasteiger partial charge in [0.25, 0.3) is 0 Å². The molecule has 0 spiro atoms. The molecule has 2 aromatic heterocycles. The second kappa shape index (κ2) is 5.66. The van der Waals surface area contributed by atoms with Crippen LogP contribution in [0.1, 0.15) is 36.1 Å². The van der Waals surface area contributed by atoms with Gasteiger partial charge >= 0.3 is 0 Å². The van der Waals surface area contributed by atoms with Crippen LogP contribution in [0.5, 0.6) is 0 Å². The molecule has 1 fully saturated rings. The molecule has 0 radical (unpaired) electrons. The number of nitrogens with two attached hydrogens (primary N) is 1. The van der Waals surface area contributed by atoms with Crippen LogP contribution in [0.25, 0.3) is 10.2 Å². The predicted molar refractivity (Wildman–Crippen MR) is 85.3 cm³/mol. The zero-order valence-corrected chi connectivity index (χ0v) is 13.0. The van der Waals surface area contributed by atoms with Gasteiger partial charge in [-0.1, -0.05) is 12.8 Å². The van der Waals surface area contributed by atoms with Crippen molar-refractivity contribution >= 4 is 27.4 Å². The Kier molecular flexibility index (Phi) is 3.89. The van der Waals surface area contributed by atoms with Crippen LogP contribution in [0.4, 0.5) is 5.82 Å². The molecule has 1 saturated carbocycles. The van der Waals surface area contributed by atoms with Gasteiger partial charge in [0.15, 0.2) is 0 Å². The molecule has 1 aliphatic carbocycles. The third-order valence-electron chi connectivity index (χ3n) is 4.50. The van der Waals surface area contributed by atoms with Crippen LogP contribution in [0.3, 0.4) is 0 Å². The molecule has 0 aromatic carbocycles. The first-order chi connectivity index (χ1) is 9.70. The molecule has 108 valence electrons. The van der Waals surface area contributed by atoms with E-state index in [-0.39, 0.29) is 0 Å². The van der Waals surface area contributed by atoms with E-state index in [1.165, 1.54) is 41.5 Å². The summed E-state index contributed by atoms with van der Waals surface area (Å²) in [6, 6.07) is 0.450. The molecule has 0 amide bonds. The number of rotatable bonds is 3. The maximum absolute atomic E-state index is 5.92. The first kappa shape index (κ1) is 13.8. The lowest BCUT2D eigenvalue weighted by atomic mass is 9.84. The Morgan fingerprint density at radius 3 is 2.90 bits per heavy atom. The maximum atomic E-state index is 5.92. The lowest BCUT2D eigenvalue weighted by Crippen LogP contribution is -2.37. The van der Waals surface area contributed by atoms with Crippen LogP contribution in [0, 0.1) is 19.8 Å². The van der Waals surface area contributed by atoms with E-state index in [9.17, 15) is 0 Å². The third kappa shape index (κ3) is 2.40. The maximum Gasteiger partial charge on any atom is 0.138 e. The molecule has 3 rings (SSSR count). The molecule has 20 heavy (non-hydrogen) atoms. The van der Waals surface area contributed by atoms with E-state index in [1.807, 2.05) is 0 Å². The quantitative estimate of drug-likeness (QED) is 0.911. The summed E-state index contributed by atoms with van der Waals surface area (Å²) in [5.74, 6) is 1.55. The second-order valence-corrected chi connectivity index (χ2v) is 6.92. The van der Waals surface area contributed by atoms with Gasteiger partial charge in [0.05, 0.1) is 5.39 Å². The summed E-state index contributed by atoms with van der Waals surface area (Å²) in [4.78, 5) is 11.3. The van der Waals surface area contributed by atoms with Gasteiger partial charge in [-0.25, -0.2) is 9.97 Å². The van der Waals surface area contributed by atoms with Gasteiger partial charge in [0.1, 0.15) is 17.0 Å². The smallest absolute Gasteiger partial charge is 0.138 e. The van der Waals surface area contributed by atoms with Crippen LogP contribution in [0.15, 0.2) is 6.33 Å². The summed E-state index contributed by atoms with van der Waals surface area (Å²) in [7, 11) is 0. The number of thiophene rings is 1. The Morgan fingerprint density at radius 2 is 2.10 bits per heavy atom. The summed E-state index contributed by atoms with van der Waals surface area (Å²) in [6.45, 7) is 5.06. The minimum Gasteiger partial charge on any atom is -0.366 e. The molecule has 4 nitrogen and oxygen atoms in total. The lowest BCUT2D eigenvalue weighted by molar-refractivity contribution is 0.332. The predicted octanol–water partition coefficient (Wildman–Crippen LogP) is 3.24. The summed E-state index contributed by atoms with van der Waals surface area (Å²) >= 11 is 1.75. The minimum absolute atomic E-state index is 0.450. The van der Waals surface area contributed by atoms with Crippen LogP contribution in [-0.4, -0.2) is 22.6 Å². The van der Waals surface area contributed by atoms with Gasteiger partial charge in [-0.05, 0) is 44.7 Å². The number of hydrogen-bond acceptors (Lipinski definition) is 5. The molecule has 2 atom stereocenters. The Balaban J connectivity index is 1.94. The molecule has 5 heteroatoms. The third-order valence-corrected chi connectivity index (χ3v) is 5.61. The molecule has 2 aromatic rings. The van der Waals surface area contributed by atoms with E-state index in [1.54, 1.807) is 17.7 Å². The zero-order valence-electron chi connectivity index (χ0n) is 12.1. The average molecular weight is 290 g/mol. The SMILES string of the molecule is Cc1sc2ncnc(NC3CCCCC3CN)c2c1C. The van der Waals surface area contributed by atoms with Crippen LogP contribution >= 0.6 is 11.3 Å². The van der Waals surface area contributed by atoms with E-state index in [4.69, 9.17) is 5.73 Å². The minimum atomic E-state index is 0.450. The first-order valence-corrected chi connectivity index (χ1v) is 8.19. The van der Waals surface area contributed by atoms with Crippen molar-refractivity contribution in [2.24, 2.45) is 11.7 Å². The lowest BCUT2D eigenvalue weighted by Gasteiger charge is -2.31. The normalized spacial score (nSPS) is 23.1. The monoisotopic (exact) mass is 290 g/mol. The second-order valence-electron chi connectivity index (χ2n) is 5.72. The van der Waals surface area contributed by atoms with Crippen molar-refractivity contribution < 1.29 is 0 Å². The van der Waals surface area contributed by atoms with Crippen LogP contribution < -0.4 is 11.1 Å². The molecular formula is C15H22N4S. The highest BCUT2D eigenvalue weighted by Gasteiger charge is 2.25. The number of aryl methyl sites for hydroxylation is 2. The summed E-state index contributed by atoms with van der Waals surface area (Å²) < 4.78 is 0. The number of fused-ring (bicyclic) bond motifs is 1. The van der Waals surface area contributed by atoms with Crippen LogP contribution in [0.2, 0.25) is 0 Å². The molecule has 2 heterocycles. The van der Waals surface area contributed by atoms with Crippen LogP contribution in [-0.2, 0) is 0 Å². The topological polar surface area (TPSA) is 63.8 Å². The number of aromatic nitrogens is 2. The van der Waals surface area contributed by atoms with Gasteiger partial charge in [-0.3, -0.25) is 0 Å². The Bertz CT molecular complexity index is 607. The zero-order chi connectivity index (χ0) is 14.1. The number of nitrogens with zero attached hydrogens (tertiary/aromatic N) is 2. The van der Waals surface area contributed by atoms with Crippen molar-refractivity contribution in [3.8, 4) is 0 Å². The molecular weight excluding hydrogens is 268 g/mol. The number of hydrogen-bond donors (Lipinski definition) is 2. The largest absolute Gasteiger partial charge is 0.366 e. The van der Waals surface area contributed by atoms with E-state index >= 15 is 0 Å². The van der Waals surface area contributed by atoms with Gasteiger partial charge in [-0.15, -0.1) is 11.3 Å². The van der Waals surface area contributed by atoms with E-state index in [0.29, 0.717) is 12.0 Å². The molecule has 0 aliphatic heterocycles. The van der Waals surface area contributed by atoms with Crippen molar-refractivity contribution in [3.05, 3.63) is 16.8 Å². The van der Waals surface area contributed by atoms with Gasteiger partial charge < -0.3 is 11.1 Å². The highest BCUT2D eigenvalue weighted by atomic mass is 32.1. The fourth-order valence-electron chi connectivity index (χ4n) is 3.15. The summed E-state index contributed by atoms with van der Waals surface area (Å²) in [6.07, 6.45) is 6.67. The van der Waals surface area contributed by atoms with Crippen molar-refractivity contribution in [1.82, 2.24) is 9.97 Å². The molecule has 1 aliphatic rings. The number of anilines is 1. The van der Waals surface area contributed by atoms with Crippen molar-refractivity contribution in [2.75, 3.05) is 11.9 Å². The standard InChI is InChI=1S/C15H22N4S/c1-9-10(2)20-15-13(9)14(17-8-18-15)19-12-6-4-3-5-11(12)7-16/h8,11-12H,3-7,16H2,1-2H3,(H,17,18,19). The fraction of sp³-hybridized carbons (Fsp3) is 0.600. The highest BCUT2D eigenvalue weighted by Crippen LogP contribution is 2.34. The Labute approximate surface area is 123 Å². The van der Waals surface area contributed by atoms with Gasteiger partial charge in [-0.2, -0.15) is 0 Å². The summed E-state index contributed by atoms with van der Waals surface area (Å²) in [5, 5.41) is 4.85. The molecule has 2 unspecified atom stereocenters. The number of nitrogens with one attached hydrogen (secondary N) is 1. The highest BCUT2D eigenvalue weighted by molar-refractivity contribution is 7.18.